The molecule has 1 aromatic heterocycles. The summed E-state index contributed by atoms with van der Waals surface area (Å²) in [6.07, 6.45) is 0.466. The van der Waals surface area contributed by atoms with Gasteiger partial charge < -0.3 is 10.2 Å². The molecule has 9 nitrogen and oxygen atoms in total. The Balaban J connectivity index is 2.17. The zero-order valence-electron chi connectivity index (χ0n) is 17.1. The first-order valence-corrected chi connectivity index (χ1v) is 10.3. The third kappa shape index (κ3) is 7.37. The number of nitrogens with zero attached hydrogens (tertiary/aromatic N) is 3. The minimum Gasteiger partial charge on any atom is -0.394 e. The number of halogens is 3. The second kappa shape index (κ2) is 12.6. The molecule has 0 bridgehead atoms. The lowest BCUT2D eigenvalue weighted by molar-refractivity contribution is -0.138. The summed E-state index contributed by atoms with van der Waals surface area (Å²) in [6, 6.07) is 6.43. The maximum absolute atomic E-state index is 13.7. The van der Waals surface area contributed by atoms with Gasteiger partial charge in [0.15, 0.2) is 5.82 Å². The molecule has 0 aliphatic rings. The number of carbonyl (C=O) groups excluding carboxylic acids is 2. The minimum atomic E-state index is -1.16. The van der Waals surface area contributed by atoms with Gasteiger partial charge in [-0.3, -0.25) is 19.4 Å². The van der Waals surface area contributed by atoms with Crippen LogP contribution in [-0.4, -0.2) is 57.9 Å². The van der Waals surface area contributed by atoms with Gasteiger partial charge in [-0.15, -0.1) is 0 Å². The van der Waals surface area contributed by atoms with Gasteiger partial charge in [0.25, 0.3) is 0 Å². The van der Waals surface area contributed by atoms with Crippen LogP contribution in [0.4, 0.5) is 10.2 Å². The lowest BCUT2D eigenvalue weighted by Gasteiger charge is -2.33. The Kier molecular flexibility index (Phi) is 10.2. The van der Waals surface area contributed by atoms with Crippen molar-refractivity contribution in [3.8, 4) is 0 Å². The first-order valence-electron chi connectivity index (χ1n) is 9.50. The normalized spacial score (nSPS) is 12.8. The van der Waals surface area contributed by atoms with E-state index in [-0.39, 0.29) is 30.4 Å². The largest absolute Gasteiger partial charge is 0.394 e. The number of anilines is 1. The average Bonchev–Trinajstić information content (AvgIpc) is 2.77. The second-order valence-corrected chi connectivity index (χ2v) is 7.54. The zero-order chi connectivity index (χ0) is 23.7. The van der Waals surface area contributed by atoms with Crippen LogP contribution in [0, 0.1) is 5.82 Å². The predicted molar refractivity (Wildman–Crippen MR) is 116 cm³/mol. The lowest BCUT2D eigenvalue weighted by Crippen LogP contribution is -2.52. The lowest BCUT2D eigenvalue weighted by atomic mass is 10.1. The SMILES string of the molecule is CC(=O)N(NCc1cccc(F)c1Cl)[C@H](CON(C=O)c1ccc(Cl)cn1)CC(O)CO. The molecule has 1 heterocycles. The molecule has 0 saturated carbocycles. The molecule has 0 fully saturated rings. The van der Waals surface area contributed by atoms with Crippen LogP contribution in [0.1, 0.15) is 18.9 Å². The quantitative estimate of drug-likeness (QED) is 0.309. The number of nitrogens with one attached hydrogen (secondary N) is 1. The highest BCUT2D eigenvalue weighted by molar-refractivity contribution is 6.31. The van der Waals surface area contributed by atoms with Gasteiger partial charge in [0.2, 0.25) is 12.3 Å². The molecule has 0 aliphatic carbocycles. The average molecular weight is 489 g/mol. The second-order valence-electron chi connectivity index (χ2n) is 6.72. The number of hydroxylamine groups is 1. The van der Waals surface area contributed by atoms with Crippen LogP contribution >= 0.6 is 23.2 Å². The van der Waals surface area contributed by atoms with E-state index in [1.165, 1.54) is 42.4 Å². The summed E-state index contributed by atoms with van der Waals surface area (Å²) in [5.74, 6) is -0.897. The molecule has 12 heteroatoms. The van der Waals surface area contributed by atoms with Crippen molar-refractivity contribution in [2.45, 2.75) is 32.0 Å². The van der Waals surface area contributed by atoms with E-state index in [2.05, 4.69) is 10.4 Å². The first kappa shape index (κ1) is 25.9. The van der Waals surface area contributed by atoms with Crippen LogP contribution in [0.5, 0.6) is 0 Å². The summed E-state index contributed by atoms with van der Waals surface area (Å²) < 4.78 is 13.7. The predicted octanol–water partition coefficient (Wildman–Crippen LogP) is 2.09. The van der Waals surface area contributed by atoms with Crippen LogP contribution in [-0.2, 0) is 21.0 Å². The van der Waals surface area contributed by atoms with E-state index in [1.54, 1.807) is 6.07 Å². The van der Waals surface area contributed by atoms with Gasteiger partial charge in [0, 0.05) is 19.7 Å². The van der Waals surface area contributed by atoms with Crippen molar-refractivity contribution < 1.29 is 29.0 Å². The van der Waals surface area contributed by atoms with E-state index in [1.807, 2.05) is 0 Å². The van der Waals surface area contributed by atoms with Gasteiger partial charge in [-0.05, 0) is 30.2 Å². The molecule has 0 spiro atoms. The molecule has 1 unspecified atom stereocenters. The monoisotopic (exact) mass is 488 g/mol. The fourth-order valence-electron chi connectivity index (χ4n) is 2.80. The minimum absolute atomic E-state index is 0.00196. The number of hydrogen-bond donors (Lipinski definition) is 3. The highest BCUT2D eigenvalue weighted by Gasteiger charge is 2.26. The van der Waals surface area contributed by atoms with Crippen molar-refractivity contribution in [1.82, 2.24) is 15.4 Å². The summed E-state index contributed by atoms with van der Waals surface area (Å²) in [5, 5.41) is 21.5. The fourth-order valence-corrected chi connectivity index (χ4v) is 3.11. The molecule has 2 amide bonds. The Hall–Kier alpha value is -2.34. The van der Waals surface area contributed by atoms with Crippen molar-refractivity contribution in [3.63, 3.8) is 0 Å². The van der Waals surface area contributed by atoms with Crippen molar-refractivity contribution >= 4 is 41.3 Å². The molecule has 0 aliphatic heterocycles. The fraction of sp³-hybridized carbons (Fsp3) is 0.350. The van der Waals surface area contributed by atoms with Gasteiger partial charge in [0.05, 0.1) is 35.4 Å². The highest BCUT2D eigenvalue weighted by atomic mass is 35.5. The number of hydrazine groups is 1. The van der Waals surface area contributed by atoms with Crippen molar-refractivity contribution in [3.05, 3.63) is 58.0 Å². The van der Waals surface area contributed by atoms with Crippen LogP contribution in [0.2, 0.25) is 10.0 Å². The summed E-state index contributed by atoms with van der Waals surface area (Å²) in [6.45, 7) is 0.479. The number of amides is 2. The molecular weight excluding hydrogens is 466 g/mol. The number of aliphatic hydroxyl groups excluding tert-OH is 2. The van der Waals surface area contributed by atoms with Crippen molar-refractivity contribution in [2.75, 3.05) is 18.3 Å². The topological polar surface area (TPSA) is 115 Å². The number of aromatic nitrogens is 1. The summed E-state index contributed by atoms with van der Waals surface area (Å²) in [5.41, 5.74) is 3.25. The molecule has 0 saturated heterocycles. The number of rotatable bonds is 12. The molecule has 1 aromatic carbocycles. The molecule has 32 heavy (non-hydrogen) atoms. The van der Waals surface area contributed by atoms with E-state index >= 15 is 0 Å². The Labute approximate surface area is 194 Å². The Morgan fingerprint density at radius 1 is 1.34 bits per heavy atom. The van der Waals surface area contributed by atoms with Crippen molar-refractivity contribution in [1.29, 1.82) is 0 Å². The van der Waals surface area contributed by atoms with E-state index < -0.39 is 30.5 Å². The molecule has 2 rings (SSSR count). The molecular formula is C20H23Cl2FN4O5. The summed E-state index contributed by atoms with van der Waals surface area (Å²) in [4.78, 5) is 33.2. The smallest absolute Gasteiger partial charge is 0.239 e. The number of carbonyl (C=O) groups is 2. The van der Waals surface area contributed by atoms with Gasteiger partial charge >= 0.3 is 0 Å². The summed E-state index contributed by atoms with van der Waals surface area (Å²) in [7, 11) is 0. The number of benzene rings is 1. The Morgan fingerprint density at radius 2 is 2.09 bits per heavy atom. The van der Waals surface area contributed by atoms with Gasteiger partial charge in [-0.25, -0.2) is 14.8 Å². The van der Waals surface area contributed by atoms with Crippen molar-refractivity contribution in [2.24, 2.45) is 0 Å². The van der Waals surface area contributed by atoms with Crippen LogP contribution in [0.15, 0.2) is 36.5 Å². The first-order chi connectivity index (χ1) is 15.3. The molecule has 174 valence electrons. The van der Waals surface area contributed by atoms with E-state index in [9.17, 15) is 24.2 Å². The molecule has 3 N–H and O–H groups in total. The summed E-state index contributed by atoms with van der Waals surface area (Å²) >= 11 is 11.8. The van der Waals surface area contributed by atoms with E-state index in [0.717, 1.165) is 5.06 Å². The van der Waals surface area contributed by atoms with Crippen LogP contribution in [0.3, 0.4) is 0 Å². The maximum Gasteiger partial charge on any atom is 0.239 e. The van der Waals surface area contributed by atoms with Gasteiger partial charge in [0.1, 0.15) is 5.82 Å². The molecule has 2 atom stereocenters. The number of aliphatic hydroxyl groups is 2. The van der Waals surface area contributed by atoms with E-state index in [0.29, 0.717) is 17.0 Å². The number of pyridine rings is 1. The molecule has 2 aromatic rings. The maximum atomic E-state index is 13.7. The molecule has 0 radical (unpaired) electrons. The highest BCUT2D eigenvalue weighted by Crippen LogP contribution is 2.20. The van der Waals surface area contributed by atoms with E-state index in [4.69, 9.17) is 28.0 Å². The van der Waals surface area contributed by atoms with Crippen LogP contribution < -0.4 is 10.5 Å². The third-order valence-electron chi connectivity index (χ3n) is 4.37. The Bertz CT molecular complexity index is 906. The van der Waals surface area contributed by atoms with Gasteiger partial charge in [-0.2, -0.15) is 5.06 Å². The standard InChI is InChI=1S/C20H23Cl2FN4O5/c1-13(30)27(25-8-14-3-2-4-18(23)20(14)22)16(7-17(31)10-28)11-32-26(12-29)19-6-5-15(21)9-24-19/h2-6,9,12,16-17,25,28,31H,7-8,10-11H2,1H3/t16-,17?/m0/s1. The third-order valence-corrected chi connectivity index (χ3v) is 5.02. The van der Waals surface area contributed by atoms with Gasteiger partial charge in [-0.1, -0.05) is 35.3 Å². The van der Waals surface area contributed by atoms with Crippen LogP contribution in [0.25, 0.3) is 0 Å². The zero-order valence-corrected chi connectivity index (χ0v) is 18.6. The number of hydrogen-bond acceptors (Lipinski definition) is 7. The Morgan fingerprint density at radius 3 is 2.69 bits per heavy atom.